The number of benzene rings is 1. The molecule has 1 heterocycles. The van der Waals surface area contributed by atoms with E-state index < -0.39 is 17.8 Å². The Hall–Kier alpha value is -2.06. The zero-order valence-corrected chi connectivity index (χ0v) is 12.4. The van der Waals surface area contributed by atoms with Gasteiger partial charge in [0.15, 0.2) is 0 Å². The van der Waals surface area contributed by atoms with Crippen LogP contribution in [0, 0.1) is 0 Å². The van der Waals surface area contributed by atoms with Crippen molar-refractivity contribution in [3.8, 4) is 0 Å². The molecule has 0 unspecified atom stereocenters. The number of rotatable bonds is 4. The first-order chi connectivity index (χ1) is 10.4. The Morgan fingerprint density at radius 2 is 2.14 bits per heavy atom. The summed E-state index contributed by atoms with van der Waals surface area (Å²) in [4.78, 5) is 17.4. The lowest BCUT2D eigenvalue weighted by Gasteiger charge is -2.20. The number of urea groups is 1. The van der Waals surface area contributed by atoms with Gasteiger partial charge in [-0.2, -0.15) is 29.6 Å². The van der Waals surface area contributed by atoms with E-state index in [1.54, 1.807) is 23.8 Å². The number of hydroxylamine groups is 1. The molecule has 1 aromatic carbocycles. The third-order valence-electron chi connectivity index (χ3n) is 2.62. The number of hydrogen-bond donors (Lipinski definition) is 1. The number of amides is 2. The summed E-state index contributed by atoms with van der Waals surface area (Å²) in [5.41, 5.74) is -0.278. The van der Waals surface area contributed by atoms with Gasteiger partial charge in [-0.25, -0.2) is 4.79 Å². The first kappa shape index (κ1) is 16.3. The Morgan fingerprint density at radius 3 is 2.73 bits per heavy atom. The fourth-order valence-corrected chi connectivity index (χ4v) is 2.31. The Labute approximate surface area is 129 Å². The lowest BCUT2D eigenvalue weighted by molar-refractivity contribution is -0.137. The number of hydrogen-bond acceptors (Lipinski definition) is 3. The highest BCUT2D eigenvalue weighted by atomic mass is 32.1. The molecule has 1 N–H and O–H groups in total. The summed E-state index contributed by atoms with van der Waals surface area (Å²) in [5, 5.41) is 6.86. The van der Waals surface area contributed by atoms with Gasteiger partial charge in [0.2, 0.25) is 0 Å². The van der Waals surface area contributed by atoms with E-state index in [9.17, 15) is 18.0 Å². The molecule has 4 nitrogen and oxygen atoms in total. The molecule has 1 aromatic heterocycles. The van der Waals surface area contributed by atoms with E-state index in [-0.39, 0.29) is 12.3 Å². The van der Waals surface area contributed by atoms with E-state index in [0.717, 1.165) is 17.2 Å². The molecular formula is C14H13F3N2O2S. The van der Waals surface area contributed by atoms with Crippen LogP contribution in [0.4, 0.5) is 29.3 Å². The van der Waals surface area contributed by atoms with E-state index in [1.807, 2.05) is 0 Å². The van der Waals surface area contributed by atoms with Crippen molar-refractivity contribution in [3.63, 3.8) is 0 Å². The fraction of sp³-hybridized carbons (Fsp3) is 0.214. The van der Waals surface area contributed by atoms with Gasteiger partial charge in [-0.15, -0.1) is 0 Å². The van der Waals surface area contributed by atoms with Crippen molar-refractivity contribution < 1.29 is 22.8 Å². The van der Waals surface area contributed by atoms with Crippen molar-refractivity contribution in [1.82, 2.24) is 0 Å². The van der Waals surface area contributed by atoms with Crippen LogP contribution in [-0.4, -0.2) is 12.6 Å². The first-order valence-electron chi connectivity index (χ1n) is 6.35. The first-order valence-corrected chi connectivity index (χ1v) is 7.29. The largest absolute Gasteiger partial charge is 0.416 e. The second-order valence-electron chi connectivity index (χ2n) is 4.20. The van der Waals surface area contributed by atoms with E-state index in [4.69, 9.17) is 4.84 Å². The van der Waals surface area contributed by atoms with Gasteiger partial charge < -0.3 is 5.32 Å². The SMILES string of the molecule is CCON(C(=O)Nc1cccc(C(F)(F)F)c1)c1ccsc1. The normalized spacial score (nSPS) is 11.3. The number of halogens is 3. The highest BCUT2D eigenvalue weighted by molar-refractivity contribution is 7.08. The quantitative estimate of drug-likeness (QED) is 0.822. The van der Waals surface area contributed by atoms with Crippen molar-refractivity contribution in [2.24, 2.45) is 0 Å². The van der Waals surface area contributed by atoms with Crippen LogP contribution in [0.5, 0.6) is 0 Å². The van der Waals surface area contributed by atoms with Crippen molar-refractivity contribution >= 4 is 28.7 Å². The zero-order chi connectivity index (χ0) is 16.2. The summed E-state index contributed by atoms with van der Waals surface area (Å²) in [6.45, 7) is 1.95. The smallest absolute Gasteiger partial charge is 0.306 e. The molecule has 0 saturated heterocycles. The van der Waals surface area contributed by atoms with Crippen LogP contribution in [0.15, 0.2) is 41.1 Å². The molecule has 0 atom stereocenters. The summed E-state index contributed by atoms with van der Waals surface area (Å²) in [7, 11) is 0. The van der Waals surface area contributed by atoms with Crippen molar-refractivity contribution in [1.29, 1.82) is 0 Å². The highest BCUT2D eigenvalue weighted by Gasteiger charge is 2.30. The predicted octanol–water partition coefficient (Wildman–Crippen LogP) is 4.76. The molecule has 2 rings (SSSR count). The van der Waals surface area contributed by atoms with Gasteiger partial charge in [-0.05, 0) is 36.6 Å². The maximum absolute atomic E-state index is 12.7. The topological polar surface area (TPSA) is 41.6 Å². The van der Waals surface area contributed by atoms with Crippen LogP contribution < -0.4 is 10.4 Å². The third-order valence-corrected chi connectivity index (χ3v) is 3.30. The Bertz CT molecular complexity index is 629. The number of thiophene rings is 1. The zero-order valence-electron chi connectivity index (χ0n) is 11.6. The lowest BCUT2D eigenvalue weighted by atomic mass is 10.2. The second kappa shape index (κ2) is 6.80. The molecule has 0 saturated carbocycles. The van der Waals surface area contributed by atoms with Crippen LogP contribution in [0.3, 0.4) is 0 Å². The molecule has 0 radical (unpaired) electrons. The van der Waals surface area contributed by atoms with Crippen LogP contribution in [-0.2, 0) is 11.0 Å². The van der Waals surface area contributed by atoms with Crippen LogP contribution in [0.25, 0.3) is 0 Å². The van der Waals surface area contributed by atoms with Crippen LogP contribution >= 0.6 is 11.3 Å². The molecule has 0 fully saturated rings. The number of nitrogens with one attached hydrogen (secondary N) is 1. The minimum absolute atomic E-state index is 0.0414. The van der Waals surface area contributed by atoms with Gasteiger partial charge >= 0.3 is 12.2 Å². The van der Waals surface area contributed by atoms with Crippen LogP contribution in [0.2, 0.25) is 0 Å². The molecule has 8 heteroatoms. The number of carbonyl (C=O) groups excluding carboxylic acids is 1. The maximum Gasteiger partial charge on any atom is 0.416 e. The Morgan fingerprint density at radius 1 is 1.36 bits per heavy atom. The molecular weight excluding hydrogens is 317 g/mol. The average molecular weight is 330 g/mol. The molecule has 2 aromatic rings. The number of carbonyl (C=O) groups is 1. The molecule has 0 aliphatic rings. The number of anilines is 2. The van der Waals surface area contributed by atoms with E-state index in [1.165, 1.54) is 23.5 Å². The Balaban J connectivity index is 2.16. The summed E-state index contributed by atoms with van der Waals surface area (Å²) in [6, 6.07) is 5.43. The van der Waals surface area contributed by atoms with Gasteiger partial charge in [-0.3, -0.25) is 4.84 Å². The third kappa shape index (κ3) is 3.99. The molecule has 2 amide bonds. The summed E-state index contributed by atoms with van der Waals surface area (Å²) in [6.07, 6.45) is -4.46. The van der Waals surface area contributed by atoms with Gasteiger partial charge in [0.1, 0.15) is 0 Å². The number of nitrogens with zero attached hydrogens (tertiary/aromatic N) is 1. The number of alkyl halides is 3. The van der Waals surface area contributed by atoms with E-state index >= 15 is 0 Å². The van der Waals surface area contributed by atoms with Gasteiger partial charge in [0.05, 0.1) is 17.9 Å². The fourth-order valence-electron chi connectivity index (χ4n) is 1.70. The molecule has 0 aliphatic carbocycles. The lowest BCUT2D eigenvalue weighted by Crippen LogP contribution is -2.34. The highest BCUT2D eigenvalue weighted by Crippen LogP contribution is 2.30. The summed E-state index contributed by atoms with van der Waals surface area (Å²) < 4.78 is 38.0. The maximum atomic E-state index is 12.7. The van der Waals surface area contributed by atoms with Gasteiger partial charge in [0.25, 0.3) is 0 Å². The predicted molar refractivity (Wildman–Crippen MR) is 78.9 cm³/mol. The summed E-state index contributed by atoms with van der Waals surface area (Å²) >= 11 is 1.37. The van der Waals surface area contributed by atoms with Crippen molar-refractivity contribution in [2.45, 2.75) is 13.1 Å². The van der Waals surface area contributed by atoms with Crippen molar-refractivity contribution in [3.05, 3.63) is 46.7 Å². The summed E-state index contributed by atoms with van der Waals surface area (Å²) in [5.74, 6) is 0. The van der Waals surface area contributed by atoms with Crippen LogP contribution in [0.1, 0.15) is 12.5 Å². The Kier molecular flexibility index (Phi) is 5.04. The molecule has 0 aliphatic heterocycles. The standard InChI is InChI=1S/C14H13F3N2O2S/c1-2-21-19(12-6-7-22-9-12)13(20)18-11-5-3-4-10(8-11)14(15,16)17/h3-9H,2H2,1H3,(H,18,20). The average Bonchev–Trinajstić information content (AvgIpc) is 2.98. The molecule has 22 heavy (non-hydrogen) atoms. The van der Waals surface area contributed by atoms with Gasteiger partial charge in [0, 0.05) is 11.1 Å². The van der Waals surface area contributed by atoms with E-state index in [2.05, 4.69) is 5.32 Å². The molecule has 0 spiro atoms. The monoisotopic (exact) mass is 330 g/mol. The van der Waals surface area contributed by atoms with E-state index in [0.29, 0.717) is 5.69 Å². The molecule has 0 bridgehead atoms. The second-order valence-corrected chi connectivity index (χ2v) is 4.98. The minimum Gasteiger partial charge on any atom is -0.306 e. The van der Waals surface area contributed by atoms with Crippen molar-refractivity contribution in [2.75, 3.05) is 17.0 Å². The van der Waals surface area contributed by atoms with Gasteiger partial charge in [-0.1, -0.05) is 6.07 Å². The minimum atomic E-state index is -4.46. The molecule has 118 valence electrons.